The predicted octanol–water partition coefficient (Wildman–Crippen LogP) is 2.10. The van der Waals surface area contributed by atoms with E-state index in [4.69, 9.17) is 0 Å². The Morgan fingerprint density at radius 1 is 1.39 bits per heavy atom. The summed E-state index contributed by atoms with van der Waals surface area (Å²) in [5.74, 6) is -0.798. The van der Waals surface area contributed by atoms with Crippen LogP contribution in [-0.2, 0) is 14.6 Å². The van der Waals surface area contributed by atoms with E-state index in [0.717, 1.165) is 17.6 Å². The van der Waals surface area contributed by atoms with Gasteiger partial charge in [-0.15, -0.1) is 12.4 Å². The number of rotatable bonds is 4. The summed E-state index contributed by atoms with van der Waals surface area (Å²) in [7, 11) is -3.46. The number of nitrogens with one attached hydrogen (secondary N) is 1. The van der Waals surface area contributed by atoms with Crippen LogP contribution >= 0.6 is 28.3 Å². The number of benzene rings is 1. The van der Waals surface area contributed by atoms with E-state index in [2.05, 4.69) is 21.2 Å². The van der Waals surface area contributed by atoms with Gasteiger partial charge in [-0.2, -0.15) is 0 Å². The number of carbonyl (C=O) groups is 1. The van der Waals surface area contributed by atoms with E-state index in [1.54, 1.807) is 36.1 Å². The third kappa shape index (κ3) is 5.17. The van der Waals surface area contributed by atoms with Crippen molar-refractivity contribution in [3.05, 3.63) is 28.7 Å². The molecule has 23 heavy (non-hydrogen) atoms. The summed E-state index contributed by atoms with van der Waals surface area (Å²) < 4.78 is 25.7. The zero-order chi connectivity index (χ0) is 16.3. The first-order valence-corrected chi connectivity index (χ1v) is 9.75. The lowest BCUT2D eigenvalue weighted by Gasteiger charge is -2.35. The number of hydrogen-bond acceptors (Lipinski definition) is 4. The highest BCUT2D eigenvalue weighted by molar-refractivity contribution is 9.10. The van der Waals surface area contributed by atoms with Gasteiger partial charge in [0.1, 0.15) is 0 Å². The van der Waals surface area contributed by atoms with Crippen molar-refractivity contribution in [2.75, 3.05) is 25.4 Å². The standard InChI is InChI=1S/C15H21BrN2O3S.ClH/c1-11(15(19)18-8-7-17-9-12(18)2)10-22(20,21)14-5-3-13(16)4-6-14;/h3-6,11-12,17H,7-10H2,1-2H3;1H/t11?,12-;/m0./s1. The molecule has 1 fully saturated rings. The summed E-state index contributed by atoms with van der Waals surface area (Å²) in [5, 5.41) is 3.22. The van der Waals surface area contributed by atoms with Crippen molar-refractivity contribution in [1.82, 2.24) is 10.2 Å². The summed E-state index contributed by atoms with van der Waals surface area (Å²) in [6.45, 7) is 5.79. The third-order valence-electron chi connectivity index (χ3n) is 3.85. The second kappa shape index (κ2) is 8.46. The number of nitrogens with zero attached hydrogens (tertiary/aromatic N) is 1. The molecule has 1 aromatic carbocycles. The number of hydrogen-bond donors (Lipinski definition) is 1. The van der Waals surface area contributed by atoms with Crippen molar-refractivity contribution < 1.29 is 13.2 Å². The lowest BCUT2D eigenvalue weighted by Crippen LogP contribution is -2.54. The van der Waals surface area contributed by atoms with Crippen LogP contribution in [0.1, 0.15) is 13.8 Å². The Labute approximate surface area is 152 Å². The van der Waals surface area contributed by atoms with Crippen LogP contribution in [0.3, 0.4) is 0 Å². The molecule has 130 valence electrons. The molecular weight excluding hydrogens is 404 g/mol. The van der Waals surface area contributed by atoms with Gasteiger partial charge >= 0.3 is 0 Å². The number of sulfone groups is 1. The van der Waals surface area contributed by atoms with Gasteiger partial charge in [0, 0.05) is 36.1 Å². The molecule has 0 bridgehead atoms. The molecule has 1 unspecified atom stereocenters. The Balaban J connectivity index is 0.00000264. The number of amides is 1. The summed E-state index contributed by atoms with van der Waals surface area (Å²) in [6, 6.07) is 6.60. The minimum absolute atomic E-state index is 0. The van der Waals surface area contributed by atoms with E-state index < -0.39 is 15.8 Å². The molecule has 0 saturated carbocycles. The largest absolute Gasteiger partial charge is 0.337 e. The molecule has 0 spiro atoms. The SMILES string of the molecule is CC(CS(=O)(=O)c1ccc(Br)cc1)C(=O)N1CCNC[C@@H]1C.Cl. The molecule has 2 rings (SSSR count). The summed E-state index contributed by atoms with van der Waals surface area (Å²) in [4.78, 5) is 14.5. The van der Waals surface area contributed by atoms with Gasteiger partial charge in [0.25, 0.3) is 0 Å². The zero-order valence-electron chi connectivity index (χ0n) is 13.2. The Kier molecular flexibility index (Phi) is 7.51. The highest BCUT2D eigenvalue weighted by Crippen LogP contribution is 2.19. The first-order valence-electron chi connectivity index (χ1n) is 7.31. The fraction of sp³-hybridized carbons (Fsp3) is 0.533. The van der Waals surface area contributed by atoms with Crippen LogP contribution in [0.15, 0.2) is 33.6 Å². The van der Waals surface area contributed by atoms with Crippen LogP contribution in [0, 0.1) is 5.92 Å². The Bertz CT molecular complexity index is 637. The van der Waals surface area contributed by atoms with Gasteiger partial charge in [-0.05, 0) is 31.2 Å². The molecule has 5 nitrogen and oxygen atoms in total. The van der Waals surface area contributed by atoms with E-state index >= 15 is 0 Å². The average molecular weight is 426 g/mol. The maximum Gasteiger partial charge on any atom is 0.226 e. The van der Waals surface area contributed by atoms with E-state index in [9.17, 15) is 13.2 Å². The zero-order valence-corrected chi connectivity index (χ0v) is 16.4. The topological polar surface area (TPSA) is 66.5 Å². The molecule has 1 heterocycles. The maximum absolute atomic E-state index is 12.5. The molecule has 1 aliphatic rings. The lowest BCUT2D eigenvalue weighted by atomic mass is 10.1. The smallest absolute Gasteiger partial charge is 0.226 e. The summed E-state index contributed by atoms with van der Waals surface area (Å²) in [6.07, 6.45) is 0. The highest BCUT2D eigenvalue weighted by Gasteiger charge is 2.30. The minimum Gasteiger partial charge on any atom is -0.337 e. The molecule has 2 atom stereocenters. The quantitative estimate of drug-likeness (QED) is 0.802. The van der Waals surface area contributed by atoms with Crippen molar-refractivity contribution in [3.63, 3.8) is 0 Å². The molecule has 0 radical (unpaired) electrons. The van der Waals surface area contributed by atoms with E-state index in [-0.39, 0.29) is 35.0 Å². The summed E-state index contributed by atoms with van der Waals surface area (Å²) >= 11 is 3.28. The van der Waals surface area contributed by atoms with Gasteiger partial charge < -0.3 is 10.2 Å². The van der Waals surface area contributed by atoms with E-state index in [1.165, 1.54) is 0 Å². The van der Waals surface area contributed by atoms with E-state index in [0.29, 0.717) is 6.54 Å². The van der Waals surface area contributed by atoms with Crippen molar-refractivity contribution in [2.24, 2.45) is 5.92 Å². The fourth-order valence-electron chi connectivity index (χ4n) is 2.59. The Morgan fingerprint density at radius 3 is 2.57 bits per heavy atom. The third-order valence-corrected chi connectivity index (χ3v) is 6.31. The summed E-state index contributed by atoms with van der Waals surface area (Å²) in [5.41, 5.74) is 0. The monoisotopic (exact) mass is 424 g/mol. The first kappa shape index (κ1) is 20.4. The highest BCUT2D eigenvalue weighted by atomic mass is 79.9. The van der Waals surface area contributed by atoms with Gasteiger partial charge in [0.15, 0.2) is 9.84 Å². The Hall–Kier alpha value is -0.630. The van der Waals surface area contributed by atoms with E-state index in [1.807, 2.05) is 6.92 Å². The van der Waals surface area contributed by atoms with Crippen LogP contribution in [0.5, 0.6) is 0 Å². The van der Waals surface area contributed by atoms with Gasteiger partial charge in [0.05, 0.1) is 10.6 Å². The van der Waals surface area contributed by atoms with Crippen molar-refractivity contribution in [1.29, 1.82) is 0 Å². The van der Waals surface area contributed by atoms with Gasteiger partial charge in [-0.1, -0.05) is 22.9 Å². The normalized spacial score (nSPS) is 19.8. The van der Waals surface area contributed by atoms with Gasteiger partial charge in [-0.25, -0.2) is 8.42 Å². The molecular formula is C15H22BrClN2O3S. The van der Waals surface area contributed by atoms with Crippen LogP contribution in [0.25, 0.3) is 0 Å². The molecule has 1 aliphatic heterocycles. The van der Waals surface area contributed by atoms with Gasteiger partial charge in [-0.3, -0.25) is 4.79 Å². The molecule has 8 heteroatoms. The molecule has 1 saturated heterocycles. The van der Waals surface area contributed by atoms with Gasteiger partial charge in [0.2, 0.25) is 5.91 Å². The first-order chi connectivity index (χ1) is 10.3. The predicted molar refractivity (Wildman–Crippen MR) is 96.7 cm³/mol. The number of carbonyl (C=O) groups excluding carboxylic acids is 1. The second-order valence-corrected chi connectivity index (χ2v) is 8.67. The van der Waals surface area contributed by atoms with Crippen molar-refractivity contribution >= 4 is 44.1 Å². The molecule has 0 aliphatic carbocycles. The maximum atomic E-state index is 12.5. The van der Waals surface area contributed by atoms with Crippen LogP contribution in [0.2, 0.25) is 0 Å². The molecule has 1 N–H and O–H groups in total. The molecule has 1 aromatic rings. The minimum atomic E-state index is -3.46. The lowest BCUT2D eigenvalue weighted by molar-refractivity contribution is -0.137. The number of halogens is 2. The average Bonchev–Trinajstić information content (AvgIpc) is 2.47. The fourth-order valence-corrected chi connectivity index (χ4v) is 4.40. The van der Waals surface area contributed by atoms with Crippen molar-refractivity contribution in [3.8, 4) is 0 Å². The van der Waals surface area contributed by atoms with Crippen molar-refractivity contribution in [2.45, 2.75) is 24.8 Å². The Morgan fingerprint density at radius 2 is 2.00 bits per heavy atom. The second-order valence-electron chi connectivity index (χ2n) is 5.72. The van der Waals surface area contributed by atoms with Crippen LogP contribution in [0.4, 0.5) is 0 Å². The molecule has 0 aromatic heterocycles. The van der Waals surface area contributed by atoms with Crippen LogP contribution in [-0.4, -0.2) is 50.7 Å². The van der Waals surface area contributed by atoms with Crippen LogP contribution < -0.4 is 5.32 Å². The number of piperazine rings is 1. The molecule has 1 amide bonds.